The molecule has 3 aromatic rings. The van der Waals surface area contributed by atoms with Gasteiger partial charge < -0.3 is 7.43 Å². The van der Waals surface area contributed by atoms with E-state index < -0.39 is 0 Å². The first-order valence-corrected chi connectivity index (χ1v) is 20.2. The molecule has 49 heavy (non-hydrogen) atoms. The van der Waals surface area contributed by atoms with Gasteiger partial charge >= 0.3 is 28.4 Å². The summed E-state index contributed by atoms with van der Waals surface area (Å²) in [5.41, 5.74) is 13.8. The number of allylic oxidation sites excluding steroid dienone is 4. The molecule has 4 fully saturated rings. The number of aryl methyl sites for hydroxylation is 1. The van der Waals surface area contributed by atoms with Crippen molar-refractivity contribution in [3.05, 3.63) is 125 Å². The van der Waals surface area contributed by atoms with E-state index in [4.69, 9.17) is 0 Å². The minimum atomic E-state index is 0. The van der Waals surface area contributed by atoms with Gasteiger partial charge in [0, 0.05) is 0 Å². The van der Waals surface area contributed by atoms with E-state index in [1.165, 1.54) is 75.2 Å². The van der Waals surface area contributed by atoms with Gasteiger partial charge in [-0.3, -0.25) is 6.08 Å². The van der Waals surface area contributed by atoms with Crippen LogP contribution in [0.4, 0.5) is 0 Å². The van der Waals surface area contributed by atoms with Crippen LogP contribution in [-0.4, -0.2) is 4.21 Å². The summed E-state index contributed by atoms with van der Waals surface area (Å²) in [7, 11) is 0. The number of benzene rings is 3. The third-order valence-corrected chi connectivity index (χ3v) is 11.5. The first kappa shape index (κ1) is 39.7. The minimum Gasteiger partial charge on any atom is -0.358 e. The fourth-order valence-corrected chi connectivity index (χ4v) is 9.50. The van der Waals surface area contributed by atoms with E-state index in [1.54, 1.807) is 44.1 Å². The van der Waals surface area contributed by atoms with Crippen LogP contribution in [0.25, 0.3) is 11.1 Å². The Morgan fingerprint density at radius 1 is 0.796 bits per heavy atom. The maximum atomic E-state index is 3.67. The van der Waals surface area contributed by atoms with Crippen LogP contribution in [0.2, 0.25) is 0 Å². The summed E-state index contributed by atoms with van der Waals surface area (Å²) >= 11 is 1.30. The monoisotopic (exact) mass is 728 g/mol. The average molecular weight is 730 g/mol. The molecule has 0 nitrogen and oxygen atoms in total. The molecule has 262 valence electrons. The summed E-state index contributed by atoms with van der Waals surface area (Å²) in [4.78, 5) is 0. The maximum absolute atomic E-state index is 3.67. The molecule has 6 aliphatic rings. The van der Waals surface area contributed by atoms with Gasteiger partial charge in [0.15, 0.2) is 0 Å². The molecule has 0 aromatic heterocycles. The standard InChI is InChI=1S/C21H25.C18H25.C7H7.CH3.CH2.Zr/c1-20(2,3)16-7-9-18-14(12-16)11-15-13-17(21(4,5)6)8-10-19(15)18;1-12-3-13(2)17(4-12)11-18-8-14-5-15(9-18)7-16(6-14)10-18;1-7-5-3-2-4-6-7;;;/h7-10,12H,11H2,1-6H3;4,12,14-16H,5-11H2,1-2H3;3-6H,1H3;1H3;1H2;/q4*-1;;. The molecule has 0 amide bonds. The first-order chi connectivity index (χ1) is 22.7. The van der Waals surface area contributed by atoms with Crippen LogP contribution in [0, 0.1) is 61.6 Å². The van der Waals surface area contributed by atoms with Gasteiger partial charge in [0.1, 0.15) is 0 Å². The molecule has 0 N–H and O–H groups in total. The van der Waals surface area contributed by atoms with Crippen LogP contribution in [0.15, 0.2) is 71.8 Å². The zero-order valence-corrected chi connectivity index (χ0v) is 34.9. The molecule has 0 heterocycles. The van der Waals surface area contributed by atoms with Gasteiger partial charge in [0.05, 0.1) is 0 Å². The van der Waals surface area contributed by atoms with Crippen molar-refractivity contribution in [1.29, 1.82) is 0 Å². The van der Waals surface area contributed by atoms with Crippen molar-refractivity contribution >= 4 is 4.21 Å². The fraction of sp³-hybridized carbons (Fsp3) is 0.500. The second kappa shape index (κ2) is 16.1. The molecule has 0 saturated heterocycles. The van der Waals surface area contributed by atoms with Gasteiger partial charge in [-0.25, -0.2) is 5.57 Å². The second-order valence-corrected chi connectivity index (χ2v) is 17.7. The maximum Gasteiger partial charge on any atom is -0.358 e. The van der Waals surface area contributed by atoms with E-state index in [-0.39, 0.29) is 18.3 Å². The zero-order chi connectivity index (χ0) is 34.9. The Morgan fingerprint density at radius 2 is 1.37 bits per heavy atom. The SMILES string of the molecule is CC(C)(C)c1[c-]c2c(cc1)-c1ccc(C(C)(C)C)cc1C2.CC1=[C-]C(C)C=C1CC12CC3CC(CC(C3)C1)C2.Cc1cc[c-]cc1.[CH2]=[Zr].[CH3-]. The first-order valence-electron chi connectivity index (χ1n) is 18.5. The third kappa shape index (κ3) is 9.62. The topological polar surface area (TPSA) is 0 Å². The Labute approximate surface area is 316 Å². The van der Waals surface area contributed by atoms with Crippen LogP contribution < -0.4 is 0 Å². The zero-order valence-electron chi connectivity index (χ0n) is 32.4. The van der Waals surface area contributed by atoms with Crippen LogP contribution >= 0.6 is 0 Å². The van der Waals surface area contributed by atoms with Crippen LogP contribution in [-0.2, 0) is 41.5 Å². The van der Waals surface area contributed by atoms with Gasteiger partial charge in [-0.2, -0.15) is 71.3 Å². The van der Waals surface area contributed by atoms with Crippen molar-refractivity contribution in [3.8, 4) is 11.1 Å². The van der Waals surface area contributed by atoms with Gasteiger partial charge in [-0.15, -0.1) is 11.1 Å². The minimum absolute atomic E-state index is 0. The van der Waals surface area contributed by atoms with Crippen molar-refractivity contribution in [2.24, 2.45) is 29.1 Å². The largest absolute Gasteiger partial charge is 0.358 e. The fourth-order valence-electron chi connectivity index (χ4n) is 9.50. The molecule has 0 radical (unpaired) electrons. The van der Waals surface area contributed by atoms with Crippen molar-refractivity contribution in [3.63, 3.8) is 0 Å². The molecule has 4 saturated carbocycles. The molecule has 1 heteroatoms. The number of hydrogen-bond donors (Lipinski definition) is 0. The molecule has 1 atom stereocenters. The Hall–Kier alpha value is -2.11. The Morgan fingerprint density at radius 3 is 1.84 bits per heavy atom. The summed E-state index contributed by atoms with van der Waals surface area (Å²) in [6.45, 7) is 20.2. The van der Waals surface area contributed by atoms with Crippen LogP contribution in [0.5, 0.6) is 0 Å². The molecular formula is C48H62Zr-4. The Bertz CT molecular complexity index is 1520. The summed E-state index contributed by atoms with van der Waals surface area (Å²) in [6, 6.07) is 26.0. The smallest absolute Gasteiger partial charge is 0.358 e. The predicted molar refractivity (Wildman–Crippen MR) is 209 cm³/mol. The van der Waals surface area contributed by atoms with Gasteiger partial charge in [-0.05, 0) is 90.1 Å². The third-order valence-electron chi connectivity index (χ3n) is 11.5. The van der Waals surface area contributed by atoms with E-state index in [0.717, 1.165) is 24.2 Å². The number of hydrogen-bond acceptors (Lipinski definition) is 0. The predicted octanol–water partition coefficient (Wildman–Crippen LogP) is 12.8. The second-order valence-electron chi connectivity index (χ2n) is 17.7. The Balaban J connectivity index is 0.000000175. The summed E-state index contributed by atoms with van der Waals surface area (Å²) in [5.74, 6) is 3.82. The molecular weight excluding hydrogens is 668 g/mol. The van der Waals surface area contributed by atoms with Gasteiger partial charge in [-0.1, -0.05) is 98.4 Å². The van der Waals surface area contributed by atoms with Crippen molar-refractivity contribution in [2.45, 2.75) is 125 Å². The quantitative estimate of drug-likeness (QED) is 0.180. The molecule has 0 spiro atoms. The molecule has 4 bridgehead atoms. The average Bonchev–Trinajstić information content (AvgIpc) is 3.54. The van der Waals surface area contributed by atoms with E-state index in [1.807, 2.05) is 24.3 Å². The molecule has 9 rings (SSSR count). The number of rotatable bonds is 2. The molecule has 6 aliphatic carbocycles. The normalized spacial score (nSPS) is 25.5. The van der Waals surface area contributed by atoms with E-state index in [2.05, 4.69) is 121 Å². The van der Waals surface area contributed by atoms with E-state index in [9.17, 15) is 0 Å². The molecule has 0 aliphatic heterocycles. The van der Waals surface area contributed by atoms with E-state index in [0.29, 0.717) is 11.3 Å². The van der Waals surface area contributed by atoms with Gasteiger partial charge in [0.25, 0.3) is 0 Å². The summed E-state index contributed by atoms with van der Waals surface area (Å²) < 4.78 is 3.34. The van der Waals surface area contributed by atoms with Crippen molar-refractivity contribution in [1.82, 2.24) is 0 Å². The summed E-state index contributed by atoms with van der Waals surface area (Å²) in [5, 5.41) is 0. The molecule has 1 unspecified atom stereocenters. The Kier molecular flexibility index (Phi) is 13.0. The number of fused-ring (bicyclic) bond motifs is 3. The van der Waals surface area contributed by atoms with Crippen LogP contribution in [0.1, 0.15) is 128 Å². The van der Waals surface area contributed by atoms with Crippen molar-refractivity contribution in [2.75, 3.05) is 0 Å². The summed E-state index contributed by atoms with van der Waals surface area (Å²) in [6.07, 6.45) is 17.8. The molecule has 3 aromatic carbocycles. The van der Waals surface area contributed by atoms with Gasteiger partial charge in [0.2, 0.25) is 0 Å². The van der Waals surface area contributed by atoms with E-state index >= 15 is 0 Å². The van der Waals surface area contributed by atoms with Crippen LogP contribution in [0.3, 0.4) is 0 Å². The van der Waals surface area contributed by atoms with Crippen molar-refractivity contribution < 1.29 is 24.2 Å².